The van der Waals surface area contributed by atoms with Gasteiger partial charge in [-0.3, -0.25) is 0 Å². The number of carbonyl (C=O) groups is 1. The molecule has 0 fully saturated rings. The van der Waals surface area contributed by atoms with Crippen LogP contribution in [0, 0.1) is 0 Å². The van der Waals surface area contributed by atoms with Crippen molar-refractivity contribution in [1.82, 2.24) is 0 Å². The molecule has 0 saturated carbocycles. The molecule has 0 rings (SSSR count). The van der Waals surface area contributed by atoms with E-state index in [0.29, 0.717) is 6.42 Å². The number of hydrogen-bond donors (Lipinski definition) is 0. The van der Waals surface area contributed by atoms with Crippen LogP contribution in [0.5, 0.6) is 0 Å². The fourth-order valence-electron chi connectivity index (χ4n) is 2.64. The molecule has 27 heavy (non-hydrogen) atoms. The van der Waals surface area contributed by atoms with Crippen molar-refractivity contribution in [2.75, 3.05) is 28.1 Å². The second-order valence-electron chi connectivity index (χ2n) is 7.67. The first-order valence-electron chi connectivity index (χ1n) is 9.87. The van der Waals surface area contributed by atoms with Gasteiger partial charge in [0.05, 0.1) is 14.2 Å². The third-order valence-electron chi connectivity index (χ3n) is 4.33. The van der Waals surface area contributed by atoms with Crippen LogP contribution in [0.2, 0.25) is 19.6 Å². The van der Waals surface area contributed by atoms with E-state index in [1.807, 2.05) is 0 Å². The summed E-state index contributed by atoms with van der Waals surface area (Å²) in [5, 5.41) is 1.38. The van der Waals surface area contributed by atoms with Crippen LogP contribution in [-0.2, 0) is 23.7 Å². The third kappa shape index (κ3) is 13.9. The van der Waals surface area contributed by atoms with E-state index >= 15 is 0 Å². The van der Waals surface area contributed by atoms with E-state index in [-0.39, 0.29) is 19.2 Å². The zero-order valence-corrected chi connectivity index (χ0v) is 19.2. The standard InChI is InChI=1S/C21H40O5Si/c1-23-18-26-19(13-12-15-21(24-2)25-3)17-20(27(4,5)6)14-10-8-7-9-11-16-22/h10,14,16-17,19,21H,7-9,11-13,15,18H2,1-6H3/b14-10+,20-17-/t19-/m0/s1. The fourth-order valence-corrected chi connectivity index (χ4v) is 3.95. The Morgan fingerprint density at radius 1 is 0.963 bits per heavy atom. The molecule has 0 unspecified atom stereocenters. The highest BCUT2D eigenvalue weighted by atomic mass is 28.3. The van der Waals surface area contributed by atoms with Gasteiger partial charge in [-0.1, -0.05) is 43.1 Å². The van der Waals surface area contributed by atoms with Gasteiger partial charge in [0, 0.05) is 27.8 Å². The van der Waals surface area contributed by atoms with Gasteiger partial charge >= 0.3 is 0 Å². The Morgan fingerprint density at radius 2 is 1.63 bits per heavy atom. The van der Waals surface area contributed by atoms with Crippen LogP contribution >= 0.6 is 0 Å². The summed E-state index contributed by atoms with van der Waals surface area (Å²) in [6, 6.07) is 0. The zero-order chi connectivity index (χ0) is 20.5. The van der Waals surface area contributed by atoms with Gasteiger partial charge in [0.15, 0.2) is 6.29 Å². The van der Waals surface area contributed by atoms with Gasteiger partial charge in [-0.15, -0.1) is 0 Å². The molecule has 0 bridgehead atoms. The molecule has 0 amide bonds. The maximum Gasteiger partial charge on any atom is 0.156 e. The lowest BCUT2D eigenvalue weighted by Crippen LogP contribution is -2.25. The second kappa shape index (κ2) is 16.2. The number of aldehydes is 1. The highest BCUT2D eigenvalue weighted by Crippen LogP contribution is 2.20. The molecule has 158 valence electrons. The Balaban J connectivity index is 4.92. The summed E-state index contributed by atoms with van der Waals surface area (Å²) in [4.78, 5) is 10.4. The summed E-state index contributed by atoms with van der Waals surface area (Å²) in [5.74, 6) is 0. The van der Waals surface area contributed by atoms with Crippen molar-refractivity contribution in [2.45, 2.75) is 77.0 Å². The minimum absolute atomic E-state index is 0.0146. The number of carbonyl (C=O) groups excluding carboxylic acids is 1. The van der Waals surface area contributed by atoms with E-state index in [2.05, 4.69) is 37.9 Å². The Labute approximate surface area is 167 Å². The molecule has 6 heteroatoms. The number of methoxy groups -OCH3 is 3. The molecule has 0 aromatic carbocycles. The normalized spacial score (nSPS) is 14.3. The lowest BCUT2D eigenvalue weighted by atomic mass is 10.1. The summed E-state index contributed by atoms with van der Waals surface area (Å²) >= 11 is 0. The van der Waals surface area contributed by atoms with Crippen molar-refractivity contribution in [3.05, 3.63) is 23.4 Å². The molecule has 0 aliphatic heterocycles. The number of ether oxygens (including phenoxy) is 4. The summed E-state index contributed by atoms with van der Waals surface area (Å²) in [6.45, 7) is 7.31. The minimum Gasteiger partial charge on any atom is -0.359 e. The quantitative estimate of drug-likeness (QED) is 0.114. The molecule has 0 heterocycles. The maximum absolute atomic E-state index is 10.4. The number of hydrogen-bond acceptors (Lipinski definition) is 5. The van der Waals surface area contributed by atoms with E-state index in [4.69, 9.17) is 18.9 Å². The highest BCUT2D eigenvalue weighted by Gasteiger charge is 2.19. The minimum atomic E-state index is -1.49. The van der Waals surface area contributed by atoms with Crippen molar-refractivity contribution < 1.29 is 23.7 Å². The van der Waals surface area contributed by atoms with E-state index in [1.165, 1.54) is 5.20 Å². The predicted molar refractivity (Wildman–Crippen MR) is 114 cm³/mol. The summed E-state index contributed by atoms with van der Waals surface area (Å²) in [6.07, 6.45) is 13.9. The van der Waals surface area contributed by atoms with Gasteiger partial charge < -0.3 is 23.7 Å². The van der Waals surface area contributed by atoms with Crippen molar-refractivity contribution >= 4 is 14.4 Å². The number of allylic oxidation sites excluding steroid dienone is 3. The van der Waals surface area contributed by atoms with Gasteiger partial charge in [-0.05, 0) is 38.5 Å². The monoisotopic (exact) mass is 400 g/mol. The van der Waals surface area contributed by atoms with E-state index < -0.39 is 8.07 Å². The van der Waals surface area contributed by atoms with Gasteiger partial charge in [0.1, 0.15) is 13.1 Å². The van der Waals surface area contributed by atoms with Crippen LogP contribution in [0.15, 0.2) is 23.4 Å². The molecule has 0 spiro atoms. The fraction of sp³-hybridized carbons (Fsp3) is 0.762. The maximum atomic E-state index is 10.4. The molecule has 0 radical (unpaired) electrons. The van der Waals surface area contributed by atoms with Gasteiger partial charge in [-0.2, -0.15) is 0 Å². The molecule has 0 aromatic heterocycles. The Hall–Kier alpha value is -0.793. The Bertz CT molecular complexity index is 425. The average Bonchev–Trinajstić information content (AvgIpc) is 2.63. The molecular formula is C21H40O5Si. The lowest BCUT2D eigenvalue weighted by Gasteiger charge is -2.22. The average molecular weight is 401 g/mol. The molecule has 5 nitrogen and oxygen atoms in total. The molecule has 0 N–H and O–H groups in total. The first-order chi connectivity index (χ1) is 12.9. The first-order valence-corrected chi connectivity index (χ1v) is 13.4. The SMILES string of the molecule is COCO[C@H](/C=C(/C=C/CCCCC=O)[Si](C)(C)C)CCCC(OC)OC. The molecule has 0 aliphatic rings. The van der Waals surface area contributed by atoms with Crippen LogP contribution in [0.25, 0.3) is 0 Å². The first kappa shape index (κ1) is 26.2. The van der Waals surface area contributed by atoms with Crippen LogP contribution in [0.4, 0.5) is 0 Å². The van der Waals surface area contributed by atoms with Crippen LogP contribution in [-0.4, -0.2) is 54.9 Å². The van der Waals surface area contributed by atoms with Crippen LogP contribution < -0.4 is 0 Å². The summed E-state index contributed by atoms with van der Waals surface area (Å²) in [7, 11) is 3.48. The van der Waals surface area contributed by atoms with Crippen LogP contribution in [0.1, 0.15) is 44.9 Å². The van der Waals surface area contributed by atoms with Crippen molar-refractivity contribution in [1.29, 1.82) is 0 Å². The highest BCUT2D eigenvalue weighted by molar-refractivity contribution is 6.83. The van der Waals surface area contributed by atoms with Gasteiger partial charge in [-0.25, -0.2) is 0 Å². The van der Waals surface area contributed by atoms with E-state index in [9.17, 15) is 4.79 Å². The number of unbranched alkanes of at least 4 members (excludes halogenated alkanes) is 3. The lowest BCUT2D eigenvalue weighted by molar-refractivity contribution is -0.109. The van der Waals surface area contributed by atoms with Crippen molar-refractivity contribution in [3.8, 4) is 0 Å². The second-order valence-corrected chi connectivity index (χ2v) is 12.7. The molecule has 1 atom stereocenters. The smallest absolute Gasteiger partial charge is 0.156 e. The molecule has 0 saturated heterocycles. The molecular weight excluding hydrogens is 360 g/mol. The third-order valence-corrected chi connectivity index (χ3v) is 6.39. The predicted octanol–water partition coefficient (Wildman–Crippen LogP) is 4.88. The Kier molecular flexibility index (Phi) is 15.7. The van der Waals surface area contributed by atoms with E-state index in [1.54, 1.807) is 21.3 Å². The van der Waals surface area contributed by atoms with Crippen molar-refractivity contribution in [3.63, 3.8) is 0 Å². The van der Waals surface area contributed by atoms with Crippen LogP contribution in [0.3, 0.4) is 0 Å². The number of rotatable bonds is 17. The summed E-state index contributed by atoms with van der Waals surface area (Å²) in [5.41, 5.74) is 0. The molecule has 0 aromatic rings. The molecule has 0 aliphatic carbocycles. The van der Waals surface area contributed by atoms with Crippen molar-refractivity contribution in [2.24, 2.45) is 0 Å². The zero-order valence-electron chi connectivity index (χ0n) is 18.2. The Morgan fingerprint density at radius 3 is 2.19 bits per heavy atom. The van der Waals surface area contributed by atoms with E-state index in [0.717, 1.165) is 44.8 Å². The van der Waals surface area contributed by atoms with Gasteiger partial charge in [0.2, 0.25) is 0 Å². The van der Waals surface area contributed by atoms with Gasteiger partial charge in [0.25, 0.3) is 0 Å². The summed E-state index contributed by atoms with van der Waals surface area (Å²) < 4.78 is 21.5. The largest absolute Gasteiger partial charge is 0.359 e. The topological polar surface area (TPSA) is 54.0 Å².